The maximum Gasteiger partial charge on any atom is 0.233 e. The number of amides is 1. The third kappa shape index (κ3) is 4.63. The molecule has 0 bridgehead atoms. The van der Waals surface area contributed by atoms with Crippen molar-refractivity contribution in [1.82, 2.24) is 14.9 Å². The molecule has 0 saturated carbocycles. The molecule has 1 amide bonds. The van der Waals surface area contributed by atoms with Gasteiger partial charge in [0.25, 0.3) is 0 Å². The molecule has 4 nitrogen and oxygen atoms in total. The molecule has 1 unspecified atom stereocenters. The summed E-state index contributed by atoms with van der Waals surface area (Å²) in [6.07, 6.45) is 3.62. The van der Waals surface area contributed by atoms with E-state index in [-0.39, 0.29) is 17.1 Å². The zero-order valence-electron chi connectivity index (χ0n) is 13.3. The van der Waals surface area contributed by atoms with Crippen LogP contribution < -0.4 is 5.32 Å². The lowest BCUT2D eigenvalue weighted by Crippen LogP contribution is -2.36. The minimum Gasteiger partial charge on any atom is -0.348 e. The van der Waals surface area contributed by atoms with Crippen LogP contribution in [0.15, 0.2) is 42.7 Å². The Balaban J connectivity index is 1.89. The quantitative estimate of drug-likeness (QED) is 0.854. The Morgan fingerprint density at radius 1 is 1.32 bits per heavy atom. The molecule has 1 aromatic heterocycles. The number of aromatic nitrogens is 2. The lowest BCUT2D eigenvalue weighted by atomic mass is 10.1. The van der Waals surface area contributed by atoms with E-state index in [2.05, 4.69) is 36.3 Å². The van der Waals surface area contributed by atoms with Crippen LogP contribution in [0, 0.1) is 5.92 Å². The molecule has 1 atom stereocenters. The first-order chi connectivity index (χ1) is 10.6. The summed E-state index contributed by atoms with van der Waals surface area (Å²) in [4.78, 5) is 16.7. The van der Waals surface area contributed by atoms with Crippen LogP contribution in [0.1, 0.15) is 25.2 Å². The Morgan fingerprint density at radius 3 is 2.64 bits per heavy atom. The van der Waals surface area contributed by atoms with E-state index in [0.29, 0.717) is 6.54 Å². The first kappa shape index (κ1) is 16.6. The smallest absolute Gasteiger partial charge is 0.233 e. The molecule has 0 radical (unpaired) electrons. The van der Waals surface area contributed by atoms with Gasteiger partial charge < -0.3 is 9.88 Å². The van der Waals surface area contributed by atoms with Crippen LogP contribution in [0.25, 0.3) is 0 Å². The molecule has 0 aliphatic heterocycles. The van der Waals surface area contributed by atoms with Crippen molar-refractivity contribution in [3.63, 3.8) is 0 Å². The van der Waals surface area contributed by atoms with Crippen LogP contribution in [-0.2, 0) is 24.1 Å². The molecule has 0 spiro atoms. The van der Waals surface area contributed by atoms with Gasteiger partial charge in [-0.3, -0.25) is 4.79 Å². The number of aryl methyl sites for hydroxylation is 1. The first-order valence-corrected chi connectivity index (χ1v) is 8.52. The molecule has 2 rings (SSSR count). The van der Waals surface area contributed by atoms with Gasteiger partial charge in [-0.15, -0.1) is 11.8 Å². The van der Waals surface area contributed by atoms with Gasteiger partial charge in [-0.2, -0.15) is 0 Å². The van der Waals surface area contributed by atoms with Gasteiger partial charge in [0.05, 0.1) is 11.8 Å². The Morgan fingerprint density at radius 2 is 2.05 bits per heavy atom. The molecule has 5 heteroatoms. The topological polar surface area (TPSA) is 46.9 Å². The molecular weight excluding hydrogens is 294 g/mol. The highest BCUT2D eigenvalue weighted by molar-refractivity contribution is 7.99. The summed E-state index contributed by atoms with van der Waals surface area (Å²) in [5, 5.41) is 2.95. The van der Waals surface area contributed by atoms with Gasteiger partial charge in [0.2, 0.25) is 5.91 Å². The van der Waals surface area contributed by atoms with Gasteiger partial charge in [-0.05, 0) is 11.5 Å². The van der Waals surface area contributed by atoms with Crippen molar-refractivity contribution >= 4 is 17.7 Å². The van der Waals surface area contributed by atoms with E-state index < -0.39 is 0 Å². The van der Waals surface area contributed by atoms with Gasteiger partial charge in [-0.1, -0.05) is 44.2 Å². The SMILES string of the molecule is CC(C)C(SCc1ccccc1)C(=O)NCc1nccn1C. The molecule has 1 N–H and O–H groups in total. The predicted octanol–water partition coefficient (Wildman–Crippen LogP) is 2.99. The van der Waals surface area contributed by atoms with Gasteiger partial charge in [0, 0.05) is 25.2 Å². The summed E-state index contributed by atoms with van der Waals surface area (Å²) >= 11 is 1.69. The summed E-state index contributed by atoms with van der Waals surface area (Å²) in [5.41, 5.74) is 1.25. The van der Waals surface area contributed by atoms with Crippen molar-refractivity contribution < 1.29 is 4.79 Å². The van der Waals surface area contributed by atoms with Crippen LogP contribution in [0.4, 0.5) is 0 Å². The van der Waals surface area contributed by atoms with Crippen molar-refractivity contribution in [2.24, 2.45) is 13.0 Å². The Labute approximate surface area is 136 Å². The average Bonchev–Trinajstić information content (AvgIpc) is 2.91. The number of rotatable bonds is 7. The molecule has 0 aliphatic rings. The van der Waals surface area contributed by atoms with Crippen LogP contribution in [0.5, 0.6) is 0 Å². The number of hydrogen-bond acceptors (Lipinski definition) is 3. The Hall–Kier alpha value is -1.75. The summed E-state index contributed by atoms with van der Waals surface area (Å²) < 4.78 is 1.92. The highest BCUT2D eigenvalue weighted by atomic mass is 32.2. The van der Waals surface area contributed by atoms with Gasteiger partial charge in [0.15, 0.2) is 0 Å². The van der Waals surface area contributed by atoms with Gasteiger partial charge in [-0.25, -0.2) is 4.98 Å². The molecule has 0 saturated heterocycles. The lowest BCUT2D eigenvalue weighted by molar-refractivity contribution is -0.121. The van der Waals surface area contributed by atoms with Crippen molar-refractivity contribution in [1.29, 1.82) is 0 Å². The Kier molecular flexibility index (Phi) is 6.07. The largest absolute Gasteiger partial charge is 0.348 e. The fourth-order valence-corrected chi connectivity index (χ4v) is 3.35. The number of imidazole rings is 1. The number of nitrogens with one attached hydrogen (secondary N) is 1. The van der Waals surface area contributed by atoms with E-state index in [4.69, 9.17) is 0 Å². The van der Waals surface area contributed by atoms with E-state index in [9.17, 15) is 4.79 Å². The molecule has 118 valence electrons. The average molecular weight is 317 g/mol. The molecule has 1 aromatic carbocycles. The van der Waals surface area contributed by atoms with Crippen molar-refractivity contribution in [3.8, 4) is 0 Å². The first-order valence-electron chi connectivity index (χ1n) is 7.47. The molecule has 2 aromatic rings. The van der Waals surface area contributed by atoms with Crippen LogP contribution >= 0.6 is 11.8 Å². The molecule has 0 aliphatic carbocycles. The number of hydrogen-bond donors (Lipinski definition) is 1. The number of benzene rings is 1. The van der Waals surface area contributed by atoms with E-state index in [0.717, 1.165) is 11.6 Å². The number of carbonyl (C=O) groups excluding carboxylic acids is 1. The molecule has 1 heterocycles. The second-order valence-electron chi connectivity index (χ2n) is 5.63. The minimum atomic E-state index is -0.0551. The maximum absolute atomic E-state index is 12.4. The van der Waals surface area contributed by atoms with Crippen LogP contribution in [0.3, 0.4) is 0 Å². The number of carbonyl (C=O) groups is 1. The maximum atomic E-state index is 12.4. The van der Waals surface area contributed by atoms with Crippen LogP contribution in [-0.4, -0.2) is 20.7 Å². The third-order valence-electron chi connectivity index (χ3n) is 3.48. The summed E-state index contributed by atoms with van der Waals surface area (Å²) in [6.45, 7) is 4.64. The number of nitrogens with zero attached hydrogens (tertiary/aromatic N) is 2. The zero-order chi connectivity index (χ0) is 15.9. The second kappa shape index (κ2) is 8.03. The predicted molar refractivity (Wildman–Crippen MR) is 91.4 cm³/mol. The standard InChI is InChI=1S/C17H23N3OS/c1-13(2)16(22-12-14-7-5-4-6-8-14)17(21)19-11-15-18-9-10-20(15)3/h4-10,13,16H,11-12H2,1-3H3,(H,19,21). The molecule has 0 fully saturated rings. The Bertz CT molecular complexity index is 595. The normalized spacial score (nSPS) is 12.4. The number of thioether (sulfide) groups is 1. The van der Waals surface area contributed by atoms with E-state index in [1.54, 1.807) is 18.0 Å². The lowest BCUT2D eigenvalue weighted by Gasteiger charge is -2.20. The highest BCUT2D eigenvalue weighted by Crippen LogP contribution is 2.24. The summed E-state index contributed by atoms with van der Waals surface area (Å²) in [7, 11) is 1.93. The molecular formula is C17H23N3OS. The van der Waals surface area contributed by atoms with Gasteiger partial charge in [0.1, 0.15) is 5.82 Å². The fourth-order valence-electron chi connectivity index (χ4n) is 2.16. The fraction of sp³-hybridized carbons (Fsp3) is 0.412. The third-order valence-corrected chi connectivity index (χ3v) is 5.10. The highest BCUT2D eigenvalue weighted by Gasteiger charge is 2.22. The minimum absolute atomic E-state index is 0.0551. The van der Waals surface area contributed by atoms with E-state index in [1.165, 1.54) is 5.56 Å². The van der Waals surface area contributed by atoms with E-state index >= 15 is 0 Å². The van der Waals surface area contributed by atoms with Crippen molar-refractivity contribution in [2.75, 3.05) is 0 Å². The van der Waals surface area contributed by atoms with Gasteiger partial charge >= 0.3 is 0 Å². The van der Waals surface area contributed by atoms with Crippen LogP contribution in [0.2, 0.25) is 0 Å². The molecule has 22 heavy (non-hydrogen) atoms. The zero-order valence-corrected chi connectivity index (χ0v) is 14.1. The van der Waals surface area contributed by atoms with Crippen molar-refractivity contribution in [3.05, 3.63) is 54.1 Å². The second-order valence-corrected chi connectivity index (χ2v) is 6.76. The monoisotopic (exact) mass is 317 g/mol. The summed E-state index contributed by atoms with van der Waals surface area (Å²) in [6, 6.07) is 10.3. The summed E-state index contributed by atoms with van der Waals surface area (Å²) in [5.74, 6) is 2.08. The van der Waals surface area contributed by atoms with Crippen molar-refractivity contribution in [2.45, 2.75) is 31.4 Å². The van der Waals surface area contributed by atoms with E-state index in [1.807, 2.05) is 36.0 Å².